The summed E-state index contributed by atoms with van der Waals surface area (Å²) in [6, 6.07) is 17.1. The lowest BCUT2D eigenvalue weighted by Gasteiger charge is -2.45. The molecule has 2 heterocycles. The summed E-state index contributed by atoms with van der Waals surface area (Å²) in [4.78, 5) is 16.7. The smallest absolute Gasteiger partial charge is 0.220 e. The van der Waals surface area contributed by atoms with Crippen molar-refractivity contribution in [2.45, 2.75) is 56.1 Å². The van der Waals surface area contributed by atoms with Crippen LogP contribution in [0.15, 0.2) is 54.7 Å². The van der Waals surface area contributed by atoms with Crippen LogP contribution in [0.1, 0.15) is 49.1 Å². The average Bonchev–Trinajstić information content (AvgIpc) is 3.23. The van der Waals surface area contributed by atoms with Crippen molar-refractivity contribution in [1.82, 2.24) is 15.6 Å². The van der Waals surface area contributed by atoms with Gasteiger partial charge in [-0.3, -0.25) is 9.78 Å². The van der Waals surface area contributed by atoms with Gasteiger partial charge in [0.05, 0.1) is 19.7 Å². The number of carbonyl (C=O) groups is 1. The van der Waals surface area contributed by atoms with E-state index in [0.29, 0.717) is 12.5 Å². The summed E-state index contributed by atoms with van der Waals surface area (Å²) in [5.41, 5.74) is 3.29. The molecule has 0 bridgehead atoms. The molecule has 0 radical (unpaired) electrons. The van der Waals surface area contributed by atoms with Crippen LogP contribution in [0, 0.1) is 0 Å². The van der Waals surface area contributed by atoms with Crippen molar-refractivity contribution in [3.05, 3.63) is 65.9 Å². The van der Waals surface area contributed by atoms with E-state index in [1.807, 2.05) is 18.3 Å². The lowest BCUT2D eigenvalue weighted by Crippen LogP contribution is -2.53. The number of hydrogen-bond acceptors (Lipinski definition) is 5. The molecule has 2 aliphatic rings. The van der Waals surface area contributed by atoms with Crippen molar-refractivity contribution >= 4 is 16.8 Å². The van der Waals surface area contributed by atoms with E-state index in [0.717, 1.165) is 54.6 Å². The Morgan fingerprint density at radius 1 is 1.09 bits per heavy atom. The third-order valence-corrected chi connectivity index (χ3v) is 7.38. The summed E-state index contributed by atoms with van der Waals surface area (Å²) in [5, 5.41) is 8.30. The van der Waals surface area contributed by atoms with Gasteiger partial charge in [-0.2, -0.15) is 0 Å². The monoisotopic (exact) mass is 445 g/mol. The molecule has 2 fully saturated rings. The second-order valence-electron chi connectivity index (χ2n) is 9.25. The summed E-state index contributed by atoms with van der Waals surface area (Å²) in [6.07, 6.45) is 6.29. The van der Waals surface area contributed by atoms with E-state index in [1.54, 1.807) is 14.2 Å². The van der Waals surface area contributed by atoms with Gasteiger partial charge in [-0.05, 0) is 67.1 Å². The number of ether oxygens (including phenoxy) is 2. The van der Waals surface area contributed by atoms with Gasteiger partial charge >= 0.3 is 0 Å². The van der Waals surface area contributed by atoms with Gasteiger partial charge in [0, 0.05) is 42.0 Å². The molecule has 1 aliphatic carbocycles. The first-order valence-electron chi connectivity index (χ1n) is 11.7. The summed E-state index contributed by atoms with van der Waals surface area (Å²) >= 11 is 0. The van der Waals surface area contributed by atoms with Crippen molar-refractivity contribution in [1.29, 1.82) is 0 Å². The first-order valence-corrected chi connectivity index (χ1v) is 11.7. The highest BCUT2D eigenvalue weighted by Crippen LogP contribution is 2.47. The van der Waals surface area contributed by atoms with Gasteiger partial charge in [0.2, 0.25) is 5.91 Å². The number of methoxy groups -OCH3 is 2. The van der Waals surface area contributed by atoms with Gasteiger partial charge in [-0.15, -0.1) is 0 Å². The Morgan fingerprint density at radius 3 is 2.76 bits per heavy atom. The molecule has 1 aliphatic heterocycles. The number of benzene rings is 2. The molecular weight excluding hydrogens is 414 g/mol. The van der Waals surface area contributed by atoms with Crippen LogP contribution in [0.25, 0.3) is 10.9 Å². The molecule has 33 heavy (non-hydrogen) atoms. The van der Waals surface area contributed by atoms with Crippen molar-refractivity contribution in [2.24, 2.45) is 0 Å². The molecule has 172 valence electrons. The van der Waals surface area contributed by atoms with Gasteiger partial charge in [-0.1, -0.05) is 18.2 Å². The molecular formula is C27H31N3O3. The summed E-state index contributed by atoms with van der Waals surface area (Å²) in [7, 11) is 3.32. The van der Waals surface area contributed by atoms with Crippen LogP contribution in [0.3, 0.4) is 0 Å². The van der Waals surface area contributed by atoms with Crippen molar-refractivity contribution in [3.8, 4) is 11.5 Å². The first kappa shape index (κ1) is 21.7. The summed E-state index contributed by atoms with van der Waals surface area (Å²) in [5.74, 6) is 1.84. The molecule has 2 aromatic carbocycles. The highest BCUT2D eigenvalue weighted by molar-refractivity contribution is 5.80. The van der Waals surface area contributed by atoms with E-state index in [4.69, 9.17) is 9.47 Å². The Hall–Kier alpha value is -3.12. The minimum Gasteiger partial charge on any atom is -0.493 e. The van der Waals surface area contributed by atoms with Gasteiger partial charge < -0.3 is 20.1 Å². The molecule has 0 unspecified atom stereocenters. The average molecular weight is 446 g/mol. The molecule has 3 atom stereocenters. The zero-order valence-corrected chi connectivity index (χ0v) is 19.3. The Labute approximate surface area is 194 Å². The number of nitrogens with zero attached hydrogens (tertiary/aromatic N) is 1. The largest absolute Gasteiger partial charge is 0.493 e. The molecule has 1 saturated carbocycles. The topological polar surface area (TPSA) is 72.5 Å². The van der Waals surface area contributed by atoms with Gasteiger partial charge in [-0.25, -0.2) is 0 Å². The van der Waals surface area contributed by atoms with E-state index in [2.05, 4.69) is 52.0 Å². The summed E-state index contributed by atoms with van der Waals surface area (Å²) < 4.78 is 11.0. The quantitative estimate of drug-likeness (QED) is 0.591. The Bertz CT molecular complexity index is 1160. The zero-order chi connectivity index (χ0) is 22.8. The molecule has 1 aromatic heterocycles. The summed E-state index contributed by atoms with van der Waals surface area (Å²) in [6.45, 7) is 0.813. The zero-order valence-electron chi connectivity index (χ0n) is 19.3. The van der Waals surface area contributed by atoms with Gasteiger partial charge in [0.15, 0.2) is 11.5 Å². The molecule has 1 saturated heterocycles. The highest BCUT2D eigenvalue weighted by Gasteiger charge is 2.48. The van der Waals surface area contributed by atoms with Crippen LogP contribution in [-0.2, 0) is 11.3 Å². The van der Waals surface area contributed by atoms with E-state index in [9.17, 15) is 4.79 Å². The number of fused-ring (bicyclic) bond motifs is 1. The van der Waals surface area contributed by atoms with E-state index < -0.39 is 0 Å². The molecule has 1 spiro atoms. The van der Waals surface area contributed by atoms with Crippen LogP contribution < -0.4 is 20.1 Å². The lowest BCUT2D eigenvalue weighted by molar-refractivity contribution is -0.120. The maximum atomic E-state index is 12.2. The van der Waals surface area contributed by atoms with Crippen LogP contribution >= 0.6 is 0 Å². The van der Waals surface area contributed by atoms with Gasteiger partial charge in [0.25, 0.3) is 0 Å². The number of aromatic nitrogens is 1. The molecule has 5 rings (SSSR count). The third-order valence-electron chi connectivity index (χ3n) is 7.38. The normalized spacial score (nSPS) is 24.7. The Kier molecular flexibility index (Phi) is 5.94. The van der Waals surface area contributed by atoms with Crippen LogP contribution in [0.5, 0.6) is 11.5 Å². The third kappa shape index (κ3) is 4.27. The highest BCUT2D eigenvalue weighted by atomic mass is 16.5. The molecule has 1 amide bonds. The predicted octanol–water partition coefficient (Wildman–Crippen LogP) is 4.33. The first-order chi connectivity index (χ1) is 16.1. The maximum absolute atomic E-state index is 12.2. The SMILES string of the molecule is COc1ccc([C@H]2C[C@@H](NCc3ccc4ncccc4c3)CC[C@]23CCC(=O)N3)cc1OC. The lowest BCUT2D eigenvalue weighted by atomic mass is 9.67. The maximum Gasteiger partial charge on any atom is 0.220 e. The number of amides is 1. The number of pyridine rings is 1. The van der Waals surface area contributed by atoms with E-state index >= 15 is 0 Å². The molecule has 3 aromatic rings. The van der Waals surface area contributed by atoms with E-state index in [-0.39, 0.29) is 17.4 Å². The molecule has 6 nitrogen and oxygen atoms in total. The number of nitrogens with one attached hydrogen (secondary N) is 2. The van der Waals surface area contributed by atoms with Crippen LogP contribution in [-0.4, -0.2) is 36.7 Å². The Balaban J connectivity index is 1.36. The van der Waals surface area contributed by atoms with E-state index in [1.165, 1.54) is 11.1 Å². The van der Waals surface area contributed by atoms with Crippen molar-refractivity contribution in [3.63, 3.8) is 0 Å². The minimum absolute atomic E-state index is 0.164. The Morgan fingerprint density at radius 2 is 1.97 bits per heavy atom. The second-order valence-corrected chi connectivity index (χ2v) is 9.25. The fraction of sp³-hybridized carbons (Fsp3) is 0.407. The predicted molar refractivity (Wildman–Crippen MR) is 129 cm³/mol. The standard InChI is InChI=1S/C27H31N3O3/c1-32-24-8-6-19(15-25(24)33-2)22-16-21(9-11-27(22)12-10-26(31)30-27)29-17-18-5-7-23-20(14-18)4-3-13-28-23/h3-8,13-15,21-22,29H,9-12,16-17H2,1-2H3,(H,30,31)/t21-,22+,27-/m0/s1. The van der Waals surface area contributed by atoms with Crippen molar-refractivity contribution < 1.29 is 14.3 Å². The second kappa shape index (κ2) is 9.02. The number of hydrogen-bond donors (Lipinski definition) is 2. The van der Waals surface area contributed by atoms with Crippen molar-refractivity contribution in [2.75, 3.05) is 14.2 Å². The van der Waals surface area contributed by atoms with Gasteiger partial charge in [0.1, 0.15) is 0 Å². The minimum atomic E-state index is -0.177. The number of rotatable bonds is 6. The molecule has 2 N–H and O–H groups in total. The fourth-order valence-electron chi connectivity index (χ4n) is 5.63. The number of carbonyl (C=O) groups excluding carboxylic acids is 1. The van der Waals surface area contributed by atoms with Crippen LogP contribution in [0.4, 0.5) is 0 Å². The van der Waals surface area contributed by atoms with Crippen LogP contribution in [0.2, 0.25) is 0 Å². The molecule has 6 heteroatoms. The fourth-order valence-corrected chi connectivity index (χ4v) is 5.63.